The first-order chi connectivity index (χ1) is 6.56. The standard InChI is InChI=1S/C11H14O3.Na/c1-3-7(2)8-4-5-10(12)9(6-8)11(13)14;/h4-7,12H,3H2,1-2H3,(H,13,14);/q;+1/p-1. The number of carboxylic acid groups (broad SMARTS) is 1. The zero-order valence-corrected chi connectivity index (χ0v) is 11.3. The van der Waals surface area contributed by atoms with Crippen LogP contribution in [0.2, 0.25) is 0 Å². The maximum absolute atomic E-state index is 10.6. The van der Waals surface area contributed by atoms with Crippen molar-refractivity contribution in [3.8, 4) is 5.75 Å². The summed E-state index contributed by atoms with van der Waals surface area (Å²) in [6.45, 7) is 4.03. The number of hydrogen-bond acceptors (Lipinski definition) is 3. The fourth-order valence-corrected chi connectivity index (χ4v) is 1.26. The third-order valence-electron chi connectivity index (χ3n) is 2.42. The normalized spacial score (nSPS) is 11.6. The molecule has 4 heteroatoms. The summed E-state index contributed by atoms with van der Waals surface area (Å²) in [6.07, 6.45) is 0.928. The van der Waals surface area contributed by atoms with Gasteiger partial charge in [0, 0.05) is 5.56 Å². The minimum absolute atomic E-state index is 0. The molecule has 1 unspecified atom stereocenters. The zero-order valence-electron chi connectivity index (χ0n) is 9.28. The molecule has 1 aromatic carbocycles. The summed E-state index contributed by atoms with van der Waals surface area (Å²) in [6, 6.07) is 4.60. The van der Waals surface area contributed by atoms with E-state index in [-0.39, 0.29) is 46.8 Å². The Balaban J connectivity index is 0.00000196. The molecule has 15 heavy (non-hydrogen) atoms. The molecular formula is C11H13NaO3. The van der Waals surface area contributed by atoms with E-state index in [0.717, 1.165) is 12.0 Å². The van der Waals surface area contributed by atoms with Crippen molar-refractivity contribution in [2.45, 2.75) is 26.2 Å². The van der Waals surface area contributed by atoms with Gasteiger partial charge in [-0.25, -0.2) is 0 Å². The molecule has 0 saturated carbocycles. The molecule has 0 aliphatic carbocycles. The largest absolute Gasteiger partial charge is 1.00 e. The second kappa shape index (κ2) is 6.16. The maximum Gasteiger partial charge on any atom is 1.00 e. The summed E-state index contributed by atoms with van der Waals surface area (Å²) < 4.78 is 0. The Morgan fingerprint density at radius 2 is 2.13 bits per heavy atom. The summed E-state index contributed by atoms with van der Waals surface area (Å²) >= 11 is 0. The predicted molar refractivity (Wildman–Crippen MR) is 51.1 cm³/mol. The minimum Gasteiger partial charge on any atom is -0.545 e. The van der Waals surface area contributed by atoms with E-state index in [1.807, 2.05) is 13.8 Å². The fraction of sp³-hybridized carbons (Fsp3) is 0.364. The van der Waals surface area contributed by atoms with Gasteiger partial charge in [-0.1, -0.05) is 19.9 Å². The van der Waals surface area contributed by atoms with E-state index in [4.69, 9.17) is 0 Å². The molecule has 1 N–H and O–H groups in total. The molecule has 0 fully saturated rings. The summed E-state index contributed by atoms with van der Waals surface area (Å²) in [4.78, 5) is 10.6. The molecule has 0 aliphatic rings. The average molecular weight is 216 g/mol. The monoisotopic (exact) mass is 216 g/mol. The van der Waals surface area contributed by atoms with Crippen LogP contribution in [-0.2, 0) is 0 Å². The third kappa shape index (κ3) is 3.52. The van der Waals surface area contributed by atoms with Crippen LogP contribution in [0.5, 0.6) is 5.75 Å². The Morgan fingerprint density at radius 3 is 2.60 bits per heavy atom. The molecule has 0 amide bonds. The topological polar surface area (TPSA) is 60.4 Å². The molecule has 0 heterocycles. The Labute approximate surface area is 111 Å². The average Bonchev–Trinajstić information content (AvgIpc) is 2.17. The van der Waals surface area contributed by atoms with Crippen LogP contribution in [0.25, 0.3) is 0 Å². The summed E-state index contributed by atoms with van der Waals surface area (Å²) in [5.41, 5.74) is 0.771. The van der Waals surface area contributed by atoms with Gasteiger partial charge in [0.1, 0.15) is 5.75 Å². The van der Waals surface area contributed by atoms with E-state index >= 15 is 0 Å². The maximum atomic E-state index is 10.6. The van der Waals surface area contributed by atoms with Crippen LogP contribution < -0.4 is 34.7 Å². The van der Waals surface area contributed by atoms with E-state index in [9.17, 15) is 15.0 Å². The number of phenols is 1. The van der Waals surface area contributed by atoms with E-state index < -0.39 is 5.97 Å². The van der Waals surface area contributed by atoms with Gasteiger partial charge in [0.05, 0.1) is 5.97 Å². The van der Waals surface area contributed by atoms with Crippen molar-refractivity contribution in [3.63, 3.8) is 0 Å². The van der Waals surface area contributed by atoms with Crippen molar-refractivity contribution < 1.29 is 44.6 Å². The van der Waals surface area contributed by atoms with Crippen LogP contribution in [0.4, 0.5) is 0 Å². The van der Waals surface area contributed by atoms with Crippen LogP contribution in [-0.4, -0.2) is 11.1 Å². The first kappa shape index (κ1) is 14.5. The van der Waals surface area contributed by atoms with Gasteiger partial charge in [-0.05, 0) is 30.0 Å². The molecule has 0 saturated heterocycles. The van der Waals surface area contributed by atoms with Crippen molar-refractivity contribution in [2.24, 2.45) is 0 Å². The molecule has 76 valence electrons. The number of hydrogen-bond donors (Lipinski definition) is 1. The van der Waals surface area contributed by atoms with Gasteiger partial charge in [-0.15, -0.1) is 0 Å². The van der Waals surface area contributed by atoms with E-state index in [1.165, 1.54) is 12.1 Å². The van der Waals surface area contributed by atoms with Crippen molar-refractivity contribution >= 4 is 5.97 Å². The minimum atomic E-state index is -1.34. The second-order valence-corrected chi connectivity index (χ2v) is 3.37. The molecule has 0 bridgehead atoms. The predicted octanol–water partition coefficient (Wildman–Crippen LogP) is -1.73. The molecule has 1 rings (SSSR count). The van der Waals surface area contributed by atoms with Crippen LogP contribution in [0.1, 0.15) is 42.1 Å². The number of carbonyl (C=O) groups is 1. The SMILES string of the molecule is CCC(C)c1ccc(O)c(C(=O)[O-])c1.[Na+]. The van der Waals surface area contributed by atoms with Gasteiger partial charge < -0.3 is 15.0 Å². The van der Waals surface area contributed by atoms with E-state index in [1.54, 1.807) is 6.07 Å². The summed E-state index contributed by atoms with van der Waals surface area (Å²) in [5, 5.41) is 19.9. The summed E-state index contributed by atoms with van der Waals surface area (Å²) in [5.74, 6) is -1.29. The van der Waals surface area contributed by atoms with Crippen LogP contribution in [0.3, 0.4) is 0 Å². The molecule has 0 radical (unpaired) electrons. The molecule has 3 nitrogen and oxygen atoms in total. The smallest absolute Gasteiger partial charge is 0.545 e. The Kier molecular flexibility index (Phi) is 5.95. The first-order valence-corrected chi connectivity index (χ1v) is 4.60. The van der Waals surface area contributed by atoms with Gasteiger partial charge in [-0.2, -0.15) is 0 Å². The molecule has 1 aromatic rings. The van der Waals surface area contributed by atoms with Gasteiger partial charge in [0.15, 0.2) is 0 Å². The molecule has 0 spiro atoms. The Hall–Kier alpha value is -0.510. The zero-order chi connectivity index (χ0) is 10.7. The molecule has 1 atom stereocenters. The first-order valence-electron chi connectivity index (χ1n) is 4.60. The van der Waals surface area contributed by atoms with Crippen LogP contribution in [0.15, 0.2) is 18.2 Å². The number of carboxylic acids is 1. The number of aromatic carboxylic acids is 1. The van der Waals surface area contributed by atoms with Crippen LogP contribution >= 0.6 is 0 Å². The number of aromatic hydroxyl groups is 1. The van der Waals surface area contributed by atoms with Crippen molar-refractivity contribution in [1.29, 1.82) is 0 Å². The second-order valence-electron chi connectivity index (χ2n) is 3.37. The number of rotatable bonds is 3. The number of benzene rings is 1. The fourth-order valence-electron chi connectivity index (χ4n) is 1.26. The van der Waals surface area contributed by atoms with Crippen molar-refractivity contribution in [1.82, 2.24) is 0 Å². The van der Waals surface area contributed by atoms with E-state index in [0.29, 0.717) is 0 Å². The molecule has 0 aliphatic heterocycles. The third-order valence-corrected chi connectivity index (χ3v) is 2.42. The Morgan fingerprint density at radius 1 is 1.53 bits per heavy atom. The van der Waals surface area contributed by atoms with Crippen molar-refractivity contribution in [2.75, 3.05) is 0 Å². The molecular weight excluding hydrogens is 203 g/mol. The van der Waals surface area contributed by atoms with Gasteiger partial charge >= 0.3 is 29.6 Å². The Bertz CT molecular complexity index is 350. The van der Waals surface area contributed by atoms with Gasteiger partial charge in [0.2, 0.25) is 0 Å². The van der Waals surface area contributed by atoms with Crippen LogP contribution in [0, 0.1) is 0 Å². The van der Waals surface area contributed by atoms with Gasteiger partial charge in [0.25, 0.3) is 0 Å². The van der Waals surface area contributed by atoms with Gasteiger partial charge in [-0.3, -0.25) is 0 Å². The number of carbonyl (C=O) groups excluding carboxylic acids is 1. The van der Waals surface area contributed by atoms with Crippen molar-refractivity contribution in [3.05, 3.63) is 29.3 Å². The summed E-state index contributed by atoms with van der Waals surface area (Å²) in [7, 11) is 0. The quantitative estimate of drug-likeness (QED) is 0.611. The van der Waals surface area contributed by atoms with E-state index in [2.05, 4.69) is 0 Å². The molecule has 0 aromatic heterocycles.